The van der Waals surface area contributed by atoms with Gasteiger partial charge in [0.15, 0.2) is 11.8 Å². The van der Waals surface area contributed by atoms with E-state index < -0.39 is 65.5 Å². The van der Waals surface area contributed by atoms with Gasteiger partial charge in [0.05, 0.1) is 6.61 Å². The van der Waals surface area contributed by atoms with Gasteiger partial charge in [-0.1, -0.05) is 35.5 Å². The lowest BCUT2D eigenvalue weighted by atomic mass is 9.88. The Morgan fingerprint density at radius 2 is 1.51 bits per heavy atom. The van der Waals surface area contributed by atoms with Crippen molar-refractivity contribution in [1.82, 2.24) is 0 Å². The second-order valence-corrected chi connectivity index (χ2v) is 6.93. The van der Waals surface area contributed by atoms with E-state index in [-0.39, 0.29) is 13.7 Å². The summed E-state index contributed by atoms with van der Waals surface area (Å²) >= 11 is 0. The van der Waals surface area contributed by atoms with Gasteiger partial charge in [-0.25, -0.2) is 9.59 Å². The van der Waals surface area contributed by atoms with Crippen LogP contribution in [0.15, 0.2) is 35.5 Å². The molecule has 16 heteroatoms. The molecule has 0 unspecified atom stereocenters. The molecule has 1 aromatic carbocycles. The molecule has 0 N–H and O–H groups in total. The molecule has 35 heavy (non-hydrogen) atoms. The third-order valence-corrected chi connectivity index (χ3v) is 4.90. The highest BCUT2D eigenvalue weighted by molar-refractivity contribution is 6.36. The zero-order valence-corrected chi connectivity index (χ0v) is 17.7. The second kappa shape index (κ2) is 9.54. The summed E-state index contributed by atoms with van der Waals surface area (Å²) in [6, 6.07) is 4.22. The van der Waals surface area contributed by atoms with Crippen LogP contribution in [0.3, 0.4) is 0 Å². The van der Waals surface area contributed by atoms with Crippen LogP contribution >= 0.6 is 0 Å². The number of rotatable bonds is 7. The predicted octanol–water partition coefficient (Wildman–Crippen LogP) is 4.21. The fourth-order valence-corrected chi connectivity index (χ4v) is 3.24. The van der Waals surface area contributed by atoms with Crippen molar-refractivity contribution in [2.45, 2.75) is 49.2 Å². The summed E-state index contributed by atoms with van der Waals surface area (Å²) < 4.78 is 138. The molecule has 0 fully saturated rings. The van der Waals surface area contributed by atoms with E-state index in [2.05, 4.69) is 24.2 Å². The van der Waals surface area contributed by atoms with Crippen molar-refractivity contribution in [3.63, 3.8) is 0 Å². The summed E-state index contributed by atoms with van der Waals surface area (Å²) in [5.41, 5.74) is -12.3. The monoisotopic (exact) mass is 525 g/mol. The molecule has 0 saturated heterocycles. The molecule has 0 radical (unpaired) electrons. The average molecular weight is 525 g/mol. The first-order valence-electron chi connectivity index (χ1n) is 9.43. The topological polar surface area (TPSA) is 83.4 Å². The average Bonchev–Trinajstić information content (AvgIpc) is 3.21. The molecule has 0 bridgehead atoms. The zero-order valence-electron chi connectivity index (χ0n) is 17.7. The van der Waals surface area contributed by atoms with E-state index in [0.717, 1.165) is 12.1 Å². The van der Waals surface area contributed by atoms with Crippen LogP contribution in [0.1, 0.15) is 18.9 Å². The number of hydrogen-bond donors (Lipinski definition) is 0. The lowest BCUT2D eigenvalue weighted by molar-refractivity contribution is -0.399. The lowest BCUT2D eigenvalue weighted by Gasteiger charge is -2.41. The number of esters is 2. The number of carbonyl (C=O) groups is 2. The number of halogens is 9. The SMILES string of the molecule is CCOC(=O)C1=NO[C@@H](C(OC(=O)[C@@](OC)(c2ccccc2)C(F)(F)F)(C(F)(F)F)C(F)(F)F)C1. The smallest absolute Gasteiger partial charge is 0.441 e. The summed E-state index contributed by atoms with van der Waals surface area (Å²) in [6.45, 7) is 0.939. The van der Waals surface area contributed by atoms with E-state index in [9.17, 15) is 49.1 Å². The fourth-order valence-electron chi connectivity index (χ4n) is 3.24. The Morgan fingerprint density at radius 3 is 1.94 bits per heavy atom. The van der Waals surface area contributed by atoms with Crippen LogP contribution in [0.4, 0.5) is 39.5 Å². The summed E-state index contributed by atoms with van der Waals surface area (Å²) in [5.74, 6) is -4.52. The maximum absolute atomic E-state index is 14.0. The molecule has 0 aromatic heterocycles. The molecule has 0 spiro atoms. The minimum Gasteiger partial charge on any atom is -0.461 e. The number of benzene rings is 1. The molecule has 1 aliphatic heterocycles. The van der Waals surface area contributed by atoms with Crippen molar-refractivity contribution in [2.24, 2.45) is 5.16 Å². The predicted molar refractivity (Wildman–Crippen MR) is 95.7 cm³/mol. The number of alkyl halides is 9. The van der Waals surface area contributed by atoms with Gasteiger partial charge in [-0.2, -0.15) is 39.5 Å². The minimum atomic E-state index is -6.59. The third-order valence-electron chi connectivity index (χ3n) is 4.90. The number of methoxy groups -OCH3 is 1. The molecule has 1 heterocycles. The molecule has 0 aliphatic carbocycles. The maximum Gasteiger partial charge on any atom is 0.441 e. The normalized spacial score (nSPS) is 18.8. The molecule has 2 atom stereocenters. The highest BCUT2D eigenvalue weighted by atomic mass is 19.4. The molecule has 1 aromatic rings. The molecule has 0 amide bonds. The van der Waals surface area contributed by atoms with E-state index in [1.54, 1.807) is 0 Å². The van der Waals surface area contributed by atoms with Crippen molar-refractivity contribution >= 4 is 17.7 Å². The van der Waals surface area contributed by atoms with Gasteiger partial charge in [-0.15, -0.1) is 0 Å². The van der Waals surface area contributed by atoms with E-state index >= 15 is 0 Å². The van der Waals surface area contributed by atoms with Crippen LogP contribution < -0.4 is 0 Å². The van der Waals surface area contributed by atoms with Crippen molar-refractivity contribution < 1.29 is 68.2 Å². The summed E-state index contributed by atoms with van der Waals surface area (Å²) in [5, 5.41) is 2.82. The van der Waals surface area contributed by atoms with Crippen molar-refractivity contribution in [2.75, 3.05) is 13.7 Å². The Bertz CT molecular complexity index is 944. The third kappa shape index (κ3) is 4.75. The molecule has 2 rings (SSSR count). The van der Waals surface area contributed by atoms with E-state index in [1.165, 1.54) is 13.0 Å². The van der Waals surface area contributed by atoms with Gasteiger partial charge in [0.25, 0.3) is 5.60 Å². The molecule has 7 nitrogen and oxygen atoms in total. The number of carbonyl (C=O) groups excluding carboxylic acids is 2. The highest BCUT2D eigenvalue weighted by Gasteiger charge is 2.81. The zero-order chi connectivity index (χ0) is 26.9. The summed E-state index contributed by atoms with van der Waals surface area (Å²) in [6.07, 6.45) is -23.9. The highest BCUT2D eigenvalue weighted by Crippen LogP contribution is 2.53. The maximum atomic E-state index is 14.0. The van der Waals surface area contributed by atoms with Crippen molar-refractivity contribution in [3.05, 3.63) is 35.9 Å². The molecule has 0 saturated carbocycles. The van der Waals surface area contributed by atoms with Gasteiger partial charge in [0, 0.05) is 19.1 Å². The molecule has 196 valence electrons. The van der Waals surface area contributed by atoms with Crippen molar-refractivity contribution in [3.8, 4) is 0 Å². The summed E-state index contributed by atoms with van der Waals surface area (Å²) in [7, 11) is 0.249. The van der Waals surface area contributed by atoms with Crippen molar-refractivity contribution in [1.29, 1.82) is 0 Å². The van der Waals surface area contributed by atoms with Crippen LogP contribution in [-0.4, -0.2) is 61.6 Å². The fraction of sp³-hybridized carbons (Fsp3) is 0.526. The number of nitrogens with zero attached hydrogens (tertiary/aromatic N) is 1. The first-order chi connectivity index (χ1) is 16.0. The van der Waals surface area contributed by atoms with E-state index in [0.29, 0.717) is 12.1 Å². The molecular formula is C19H16F9NO6. The van der Waals surface area contributed by atoms with Crippen LogP contribution in [0.25, 0.3) is 0 Å². The Kier molecular flexibility index (Phi) is 7.69. The van der Waals surface area contributed by atoms with Crippen LogP contribution in [-0.2, 0) is 34.2 Å². The Labute approximate surface area is 190 Å². The quantitative estimate of drug-likeness (QED) is 0.392. The first-order valence-corrected chi connectivity index (χ1v) is 9.43. The van der Waals surface area contributed by atoms with Gasteiger partial charge < -0.3 is 19.0 Å². The number of oxime groups is 1. The summed E-state index contributed by atoms with van der Waals surface area (Å²) in [4.78, 5) is 28.5. The lowest BCUT2D eigenvalue weighted by Crippen LogP contribution is -2.68. The number of ether oxygens (including phenoxy) is 3. The van der Waals surface area contributed by atoms with Gasteiger partial charge in [-0.05, 0) is 6.92 Å². The van der Waals surface area contributed by atoms with Gasteiger partial charge in [0.2, 0.25) is 0 Å². The van der Waals surface area contributed by atoms with Gasteiger partial charge in [0.1, 0.15) is 0 Å². The molecule has 1 aliphatic rings. The number of hydrogen-bond acceptors (Lipinski definition) is 7. The van der Waals surface area contributed by atoms with Crippen LogP contribution in [0.2, 0.25) is 0 Å². The Hall–Kier alpha value is -3.04. The van der Waals surface area contributed by atoms with Crippen LogP contribution in [0.5, 0.6) is 0 Å². The second-order valence-electron chi connectivity index (χ2n) is 6.93. The first kappa shape index (κ1) is 28.2. The minimum absolute atomic E-state index is 0.249. The largest absolute Gasteiger partial charge is 0.461 e. The van der Waals surface area contributed by atoms with E-state index in [1.807, 2.05) is 0 Å². The Morgan fingerprint density at radius 1 is 0.971 bits per heavy atom. The van der Waals surface area contributed by atoms with E-state index in [4.69, 9.17) is 0 Å². The Balaban J connectivity index is 2.67. The van der Waals surface area contributed by atoms with Crippen LogP contribution in [0, 0.1) is 0 Å². The standard InChI is InChI=1S/C19H16F9NO6/c1-3-33-13(30)11-9-12(35-29-11)16(18(23,24)25,19(26,27)28)34-14(31)15(32-2,17(20,21)22)10-7-5-4-6-8-10/h4-8,12H,3,9H2,1-2H3/t12-,15+/m1/s1. The van der Waals surface area contributed by atoms with Gasteiger partial charge >= 0.3 is 36.1 Å². The molecular weight excluding hydrogens is 509 g/mol. The van der Waals surface area contributed by atoms with Gasteiger partial charge in [-0.3, -0.25) is 0 Å².